The predicted octanol–water partition coefficient (Wildman–Crippen LogP) is 3.11. The van der Waals surface area contributed by atoms with Crippen molar-refractivity contribution in [3.05, 3.63) is 64.7 Å². The lowest BCUT2D eigenvalue weighted by Gasteiger charge is -2.34. The van der Waals surface area contributed by atoms with Crippen LogP contribution >= 0.6 is 11.6 Å². The number of carbonyl (C=O) groups excluding carboxylic acids is 1. The van der Waals surface area contributed by atoms with Crippen LogP contribution in [0.3, 0.4) is 0 Å². The van der Waals surface area contributed by atoms with Crippen LogP contribution in [0.15, 0.2) is 53.4 Å². The van der Waals surface area contributed by atoms with E-state index in [-0.39, 0.29) is 5.91 Å². The van der Waals surface area contributed by atoms with Gasteiger partial charge < -0.3 is 4.90 Å². The number of halogens is 1. The Hall–Kier alpha value is -1.89. The zero-order chi connectivity index (χ0) is 19.4. The van der Waals surface area contributed by atoms with Gasteiger partial charge in [-0.25, -0.2) is 8.42 Å². The molecule has 1 fully saturated rings. The number of aryl methyl sites for hydroxylation is 2. The van der Waals surface area contributed by atoms with Crippen LogP contribution in [0.2, 0.25) is 5.02 Å². The van der Waals surface area contributed by atoms with Crippen molar-refractivity contribution in [1.82, 2.24) is 9.21 Å². The van der Waals surface area contributed by atoms with Crippen LogP contribution in [0, 0.1) is 6.92 Å². The molecule has 0 unspecified atom stereocenters. The summed E-state index contributed by atoms with van der Waals surface area (Å²) in [6, 6.07) is 14.3. The summed E-state index contributed by atoms with van der Waals surface area (Å²) in [5.74, 6) is 0.0531. The molecule has 0 N–H and O–H groups in total. The highest BCUT2D eigenvalue weighted by molar-refractivity contribution is 7.89. The summed E-state index contributed by atoms with van der Waals surface area (Å²) in [6.07, 6.45) is 1.06. The number of benzene rings is 2. The van der Waals surface area contributed by atoms with Crippen LogP contribution in [0.25, 0.3) is 0 Å². The van der Waals surface area contributed by atoms with Gasteiger partial charge in [-0.15, -0.1) is 0 Å². The van der Waals surface area contributed by atoms with E-state index < -0.39 is 10.0 Å². The fraction of sp³-hybridized carbons (Fsp3) is 0.350. The quantitative estimate of drug-likeness (QED) is 0.766. The van der Waals surface area contributed by atoms with E-state index in [0.29, 0.717) is 48.9 Å². The monoisotopic (exact) mass is 406 g/mol. The second-order valence-corrected chi connectivity index (χ2v) is 9.10. The first kappa shape index (κ1) is 19.9. The molecular weight excluding hydrogens is 384 g/mol. The van der Waals surface area contributed by atoms with Gasteiger partial charge in [0.25, 0.3) is 0 Å². The maximum absolute atomic E-state index is 12.7. The highest BCUT2D eigenvalue weighted by Crippen LogP contribution is 2.19. The third kappa shape index (κ3) is 4.89. The van der Waals surface area contributed by atoms with Crippen molar-refractivity contribution in [2.45, 2.75) is 24.7 Å². The number of hydrogen-bond acceptors (Lipinski definition) is 3. The molecule has 0 spiro atoms. The lowest BCUT2D eigenvalue weighted by molar-refractivity contribution is -0.132. The molecule has 144 valence electrons. The average molecular weight is 407 g/mol. The molecule has 0 radical (unpaired) electrons. The van der Waals surface area contributed by atoms with Crippen molar-refractivity contribution in [2.24, 2.45) is 0 Å². The molecule has 5 nitrogen and oxygen atoms in total. The largest absolute Gasteiger partial charge is 0.340 e. The minimum Gasteiger partial charge on any atom is -0.340 e. The van der Waals surface area contributed by atoms with Crippen LogP contribution in [-0.4, -0.2) is 49.7 Å². The Morgan fingerprint density at radius 3 is 2.15 bits per heavy atom. The fourth-order valence-corrected chi connectivity index (χ4v) is 4.65. The molecule has 27 heavy (non-hydrogen) atoms. The Kier molecular flexibility index (Phi) is 6.19. The Balaban J connectivity index is 1.54. The van der Waals surface area contributed by atoms with Gasteiger partial charge in [0.1, 0.15) is 0 Å². The van der Waals surface area contributed by atoms with Gasteiger partial charge >= 0.3 is 0 Å². The molecule has 7 heteroatoms. The molecule has 1 aliphatic rings. The normalized spacial score (nSPS) is 15.7. The fourth-order valence-electron chi connectivity index (χ4n) is 3.10. The van der Waals surface area contributed by atoms with Crippen molar-refractivity contribution in [3.63, 3.8) is 0 Å². The van der Waals surface area contributed by atoms with Gasteiger partial charge in [-0.3, -0.25) is 4.79 Å². The number of nitrogens with zero attached hydrogens (tertiary/aromatic N) is 2. The van der Waals surface area contributed by atoms with Gasteiger partial charge in [0.2, 0.25) is 15.9 Å². The maximum Gasteiger partial charge on any atom is 0.243 e. The van der Waals surface area contributed by atoms with E-state index >= 15 is 0 Å². The molecule has 0 aliphatic carbocycles. The lowest BCUT2D eigenvalue weighted by atomic mass is 10.1. The Bertz CT molecular complexity index is 888. The molecule has 3 rings (SSSR count). The Labute approximate surface area is 165 Å². The second-order valence-electron chi connectivity index (χ2n) is 6.72. The number of sulfonamides is 1. The van der Waals surface area contributed by atoms with Gasteiger partial charge in [-0.1, -0.05) is 41.4 Å². The van der Waals surface area contributed by atoms with Crippen molar-refractivity contribution in [2.75, 3.05) is 26.2 Å². The molecule has 1 saturated heterocycles. The van der Waals surface area contributed by atoms with Crippen LogP contribution in [0.4, 0.5) is 0 Å². The molecule has 0 bridgehead atoms. The highest BCUT2D eigenvalue weighted by Gasteiger charge is 2.29. The van der Waals surface area contributed by atoms with Gasteiger partial charge in [-0.2, -0.15) is 4.31 Å². The van der Waals surface area contributed by atoms with Crippen molar-refractivity contribution in [3.8, 4) is 0 Å². The molecule has 1 heterocycles. The molecule has 2 aromatic carbocycles. The molecular formula is C20H23ClN2O3S. The summed E-state index contributed by atoms with van der Waals surface area (Å²) >= 11 is 5.87. The number of rotatable bonds is 5. The molecule has 0 atom stereocenters. The highest BCUT2D eigenvalue weighted by atomic mass is 35.5. The van der Waals surface area contributed by atoms with Crippen LogP contribution in [-0.2, 0) is 21.2 Å². The van der Waals surface area contributed by atoms with Crippen molar-refractivity contribution < 1.29 is 13.2 Å². The topological polar surface area (TPSA) is 57.7 Å². The van der Waals surface area contributed by atoms with Crippen molar-refractivity contribution in [1.29, 1.82) is 0 Å². The third-order valence-electron chi connectivity index (χ3n) is 4.79. The average Bonchev–Trinajstić information content (AvgIpc) is 2.68. The summed E-state index contributed by atoms with van der Waals surface area (Å²) < 4.78 is 26.9. The molecule has 2 aromatic rings. The first-order chi connectivity index (χ1) is 12.9. The zero-order valence-electron chi connectivity index (χ0n) is 15.3. The third-order valence-corrected chi connectivity index (χ3v) is 6.96. The zero-order valence-corrected chi connectivity index (χ0v) is 16.8. The van der Waals surface area contributed by atoms with E-state index in [1.54, 1.807) is 29.2 Å². The summed E-state index contributed by atoms with van der Waals surface area (Å²) in [5.41, 5.74) is 2.08. The summed E-state index contributed by atoms with van der Waals surface area (Å²) in [7, 11) is -3.50. The van der Waals surface area contributed by atoms with E-state index in [4.69, 9.17) is 11.6 Å². The van der Waals surface area contributed by atoms with E-state index in [1.165, 1.54) is 4.31 Å². The number of carbonyl (C=O) groups is 1. The summed E-state index contributed by atoms with van der Waals surface area (Å²) in [4.78, 5) is 14.5. The van der Waals surface area contributed by atoms with E-state index in [0.717, 1.165) is 11.1 Å². The summed E-state index contributed by atoms with van der Waals surface area (Å²) in [5, 5.41) is 0.677. The van der Waals surface area contributed by atoms with E-state index in [1.807, 2.05) is 31.2 Å². The minimum absolute atomic E-state index is 0.0531. The van der Waals surface area contributed by atoms with E-state index in [2.05, 4.69) is 0 Å². The second kappa shape index (κ2) is 8.42. The van der Waals surface area contributed by atoms with Crippen LogP contribution in [0.5, 0.6) is 0 Å². The standard InChI is InChI=1S/C20H23ClN2O3S/c1-16-2-9-19(10-3-16)27(25,26)23-14-12-22(13-15-23)20(24)11-6-17-4-7-18(21)8-5-17/h2-5,7-10H,6,11-15H2,1H3. The number of amides is 1. The molecule has 0 saturated carbocycles. The Morgan fingerprint density at radius 2 is 1.56 bits per heavy atom. The minimum atomic E-state index is -3.50. The van der Waals surface area contributed by atoms with Gasteiger partial charge in [0.05, 0.1) is 4.90 Å². The maximum atomic E-state index is 12.7. The first-order valence-electron chi connectivity index (χ1n) is 8.95. The van der Waals surface area contributed by atoms with Gasteiger partial charge in [0, 0.05) is 37.6 Å². The number of piperazine rings is 1. The predicted molar refractivity (Wildman–Crippen MR) is 106 cm³/mol. The number of hydrogen-bond donors (Lipinski definition) is 0. The van der Waals surface area contributed by atoms with E-state index in [9.17, 15) is 13.2 Å². The molecule has 1 aliphatic heterocycles. The smallest absolute Gasteiger partial charge is 0.243 e. The Morgan fingerprint density at radius 1 is 0.963 bits per heavy atom. The van der Waals surface area contributed by atoms with Crippen LogP contribution < -0.4 is 0 Å². The van der Waals surface area contributed by atoms with Crippen LogP contribution in [0.1, 0.15) is 17.5 Å². The molecule has 0 aromatic heterocycles. The van der Waals surface area contributed by atoms with Gasteiger partial charge in [0.15, 0.2) is 0 Å². The lowest BCUT2D eigenvalue weighted by Crippen LogP contribution is -2.50. The van der Waals surface area contributed by atoms with Gasteiger partial charge in [-0.05, 0) is 43.2 Å². The molecule has 1 amide bonds. The van der Waals surface area contributed by atoms with Crippen molar-refractivity contribution >= 4 is 27.5 Å². The first-order valence-corrected chi connectivity index (χ1v) is 10.8. The SMILES string of the molecule is Cc1ccc(S(=O)(=O)N2CCN(C(=O)CCc3ccc(Cl)cc3)CC2)cc1. The summed E-state index contributed by atoms with van der Waals surface area (Å²) in [6.45, 7) is 3.41.